The van der Waals surface area contributed by atoms with Crippen molar-refractivity contribution in [1.82, 2.24) is 4.57 Å². The summed E-state index contributed by atoms with van der Waals surface area (Å²) in [5, 5.41) is 10.2. The van der Waals surface area contributed by atoms with Gasteiger partial charge in [0.1, 0.15) is 0 Å². The average molecular weight is 344 g/mol. The first-order valence-electron chi connectivity index (χ1n) is 7.90. The number of carbonyl (C=O) groups is 1. The van der Waals surface area contributed by atoms with Crippen LogP contribution in [-0.2, 0) is 13.2 Å². The van der Waals surface area contributed by atoms with Crippen LogP contribution >= 0.6 is 0 Å². The van der Waals surface area contributed by atoms with Crippen molar-refractivity contribution in [3.8, 4) is 11.1 Å². The molecule has 6 heteroatoms. The van der Waals surface area contributed by atoms with Gasteiger partial charge in [-0.05, 0) is 29.3 Å². The molecule has 1 amide bonds. The van der Waals surface area contributed by atoms with Crippen molar-refractivity contribution >= 4 is 16.8 Å². The maximum Gasteiger partial charge on any atom is 0.248 e. The summed E-state index contributed by atoms with van der Waals surface area (Å²) in [6, 6.07) is 12.3. The summed E-state index contributed by atoms with van der Waals surface area (Å²) in [6.45, 7) is 0.0427. The van der Waals surface area contributed by atoms with Crippen molar-refractivity contribution in [2.45, 2.75) is 26.0 Å². The van der Waals surface area contributed by atoms with Crippen molar-refractivity contribution in [2.75, 3.05) is 0 Å². The molecular weight excluding hydrogens is 326 g/mol. The van der Waals surface area contributed by atoms with Gasteiger partial charge in [0.25, 0.3) is 0 Å². The van der Waals surface area contributed by atoms with E-state index in [2.05, 4.69) is 0 Å². The lowest BCUT2D eigenvalue weighted by Crippen LogP contribution is -2.10. The number of hydrogen-bond acceptors (Lipinski definition) is 2. The summed E-state index contributed by atoms with van der Waals surface area (Å²) in [6.07, 6.45) is -0.845. The molecule has 0 bridgehead atoms. The quantitative estimate of drug-likeness (QED) is 0.718. The molecule has 3 aromatic rings. The van der Waals surface area contributed by atoms with E-state index < -0.39 is 12.3 Å². The number of nitrogens with two attached hydrogens (primary N) is 1. The first-order chi connectivity index (χ1) is 12.0. The van der Waals surface area contributed by atoms with Crippen LogP contribution in [0.4, 0.5) is 8.78 Å². The Balaban J connectivity index is 2.14. The minimum atomic E-state index is -2.39. The first-order valence-corrected chi connectivity index (χ1v) is 7.90. The Hall–Kier alpha value is -2.73. The predicted molar refractivity (Wildman–Crippen MR) is 92.4 cm³/mol. The van der Waals surface area contributed by atoms with E-state index >= 15 is 0 Å². The maximum atomic E-state index is 12.6. The lowest BCUT2D eigenvalue weighted by atomic mass is 10.0. The SMILES string of the molecule is NC(=O)c1cccc(-c2cn(CCC(F)F)c3cc(CO)ccc23)c1. The van der Waals surface area contributed by atoms with Gasteiger partial charge in [-0.2, -0.15) is 0 Å². The number of rotatable bonds is 6. The fourth-order valence-corrected chi connectivity index (χ4v) is 2.93. The Bertz CT molecular complexity index is 919. The summed E-state index contributed by atoms with van der Waals surface area (Å²) >= 11 is 0. The molecule has 0 aliphatic rings. The van der Waals surface area contributed by atoms with Crippen LogP contribution < -0.4 is 5.73 Å². The van der Waals surface area contributed by atoms with Gasteiger partial charge in [0.2, 0.25) is 12.3 Å². The number of primary amides is 1. The molecule has 130 valence electrons. The van der Waals surface area contributed by atoms with E-state index in [0.29, 0.717) is 11.1 Å². The molecule has 2 aromatic carbocycles. The smallest absolute Gasteiger partial charge is 0.248 e. The minimum Gasteiger partial charge on any atom is -0.392 e. The van der Waals surface area contributed by atoms with Crippen LogP contribution in [0.1, 0.15) is 22.3 Å². The Morgan fingerprint density at radius 3 is 2.68 bits per heavy atom. The second kappa shape index (κ2) is 7.03. The fraction of sp³-hybridized carbons (Fsp3) is 0.211. The molecule has 0 atom stereocenters. The number of nitrogens with zero attached hydrogens (tertiary/aromatic N) is 1. The van der Waals surface area contributed by atoms with Crippen LogP contribution in [0.2, 0.25) is 0 Å². The van der Waals surface area contributed by atoms with Gasteiger partial charge in [-0.1, -0.05) is 24.3 Å². The standard InChI is InChI=1S/C19H18F2N2O2/c20-18(21)6-7-23-10-16(13-2-1-3-14(9-13)19(22)25)15-5-4-12(11-24)8-17(15)23/h1-5,8-10,18,24H,6-7,11H2,(H2,22,25). The lowest BCUT2D eigenvalue weighted by molar-refractivity contribution is 0.1000. The van der Waals surface area contributed by atoms with Crippen LogP contribution in [0.3, 0.4) is 0 Å². The molecule has 0 fully saturated rings. The van der Waals surface area contributed by atoms with Gasteiger partial charge in [-0.15, -0.1) is 0 Å². The normalized spacial score (nSPS) is 11.4. The minimum absolute atomic E-state index is 0.123. The molecule has 4 nitrogen and oxygen atoms in total. The average Bonchev–Trinajstić information content (AvgIpc) is 2.97. The molecule has 1 aromatic heterocycles. The maximum absolute atomic E-state index is 12.6. The van der Waals surface area contributed by atoms with Gasteiger partial charge >= 0.3 is 0 Å². The van der Waals surface area contributed by atoms with Gasteiger partial charge in [0.15, 0.2) is 0 Å². The van der Waals surface area contributed by atoms with E-state index in [-0.39, 0.29) is 19.6 Å². The predicted octanol–water partition coefficient (Wildman–Crippen LogP) is 3.55. The molecule has 0 spiro atoms. The van der Waals surface area contributed by atoms with Crippen molar-refractivity contribution in [1.29, 1.82) is 0 Å². The Morgan fingerprint density at radius 1 is 1.20 bits per heavy atom. The third-order valence-electron chi connectivity index (χ3n) is 4.18. The fourth-order valence-electron chi connectivity index (χ4n) is 2.93. The lowest BCUT2D eigenvalue weighted by Gasteiger charge is -2.05. The molecule has 25 heavy (non-hydrogen) atoms. The molecule has 0 radical (unpaired) electrons. The number of fused-ring (bicyclic) bond motifs is 1. The monoisotopic (exact) mass is 344 g/mol. The highest BCUT2D eigenvalue weighted by Crippen LogP contribution is 2.32. The van der Waals surface area contributed by atoms with E-state index in [1.165, 1.54) is 0 Å². The molecule has 3 rings (SSSR count). The number of aliphatic hydroxyl groups excluding tert-OH is 1. The van der Waals surface area contributed by atoms with Crippen molar-refractivity contribution in [2.24, 2.45) is 5.73 Å². The highest BCUT2D eigenvalue weighted by molar-refractivity contribution is 5.99. The third-order valence-corrected chi connectivity index (χ3v) is 4.18. The largest absolute Gasteiger partial charge is 0.392 e. The number of carbonyl (C=O) groups excluding carboxylic acids is 1. The number of hydrogen-bond donors (Lipinski definition) is 2. The van der Waals surface area contributed by atoms with Crippen LogP contribution in [-0.4, -0.2) is 22.0 Å². The molecule has 3 N–H and O–H groups in total. The van der Waals surface area contributed by atoms with Crippen molar-refractivity contribution < 1.29 is 18.7 Å². The number of aryl methyl sites for hydroxylation is 1. The van der Waals surface area contributed by atoms with Crippen LogP contribution in [0, 0.1) is 0 Å². The first kappa shape index (κ1) is 17.1. The number of benzene rings is 2. The van der Waals surface area contributed by atoms with E-state index in [0.717, 1.165) is 22.0 Å². The molecule has 0 saturated heterocycles. The number of amides is 1. The molecule has 0 aliphatic heterocycles. The van der Waals surface area contributed by atoms with Gasteiger partial charge in [0.05, 0.1) is 6.61 Å². The number of aliphatic hydroxyl groups is 1. The number of halogens is 2. The summed E-state index contributed by atoms with van der Waals surface area (Å²) in [4.78, 5) is 11.4. The summed E-state index contributed by atoms with van der Waals surface area (Å²) in [5.74, 6) is -0.522. The van der Waals surface area contributed by atoms with Crippen LogP contribution in [0.15, 0.2) is 48.7 Å². The number of aromatic nitrogens is 1. The Labute approximate surface area is 143 Å². The number of alkyl halides is 2. The van der Waals surface area contributed by atoms with E-state index in [4.69, 9.17) is 5.73 Å². The third kappa shape index (κ3) is 3.53. The Morgan fingerprint density at radius 2 is 2.00 bits per heavy atom. The zero-order valence-electron chi connectivity index (χ0n) is 13.5. The zero-order chi connectivity index (χ0) is 18.0. The molecule has 1 heterocycles. The van der Waals surface area contributed by atoms with E-state index in [9.17, 15) is 18.7 Å². The summed E-state index contributed by atoms with van der Waals surface area (Å²) in [5.41, 5.74) is 8.83. The van der Waals surface area contributed by atoms with Gasteiger partial charge in [0, 0.05) is 41.2 Å². The Kier molecular flexibility index (Phi) is 4.81. The van der Waals surface area contributed by atoms with Crippen molar-refractivity contribution in [3.05, 3.63) is 59.8 Å². The molecule has 0 unspecified atom stereocenters. The van der Waals surface area contributed by atoms with E-state index in [1.807, 2.05) is 12.1 Å². The summed E-state index contributed by atoms with van der Waals surface area (Å²) in [7, 11) is 0. The van der Waals surface area contributed by atoms with E-state index in [1.54, 1.807) is 41.1 Å². The second-order valence-corrected chi connectivity index (χ2v) is 5.87. The second-order valence-electron chi connectivity index (χ2n) is 5.87. The highest BCUT2D eigenvalue weighted by atomic mass is 19.3. The van der Waals surface area contributed by atoms with Crippen molar-refractivity contribution in [3.63, 3.8) is 0 Å². The molecular formula is C19H18F2N2O2. The molecule has 0 saturated carbocycles. The topological polar surface area (TPSA) is 68.2 Å². The molecule has 0 aliphatic carbocycles. The van der Waals surface area contributed by atoms with Gasteiger partial charge < -0.3 is 15.4 Å². The zero-order valence-corrected chi connectivity index (χ0v) is 13.5. The van der Waals surface area contributed by atoms with Gasteiger partial charge in [-0.3, -0.25) is 4.79 Å². The highest BCUT2D eigenvalue weighted by Gasteiger charge is 2.13. The van der Waals surface area contributed by atoms with Gasteiger partial charge in [-0.25, -0.2) is 8.78 Å². The van der Waals surface area contributed by atoms with Crippen LogP contribution in [0.5, 0.6) is 0 Å². The summed E-state index contributed by atoms with van der Waals surface area (Å²) < 4.78 is 27.0. The van der Waals surface area contributed by atoms with Crippen LogP contribution in [0.25, 0.3) is 22.0 Å².